The van der Waals surface area contributed by atoms with E-state index in [-0.39, 0.29) is 11.8 Å². The zero-order chi connectivity index (χ0) is 22.5. The number of anilines is 2. The zero-order valence-electron chi connectivity index (χ0n) is 18.2. The number of carbonyl (C=O) groups excluding carboxylic acids is 2. The van der Waals surface area contributed by atoms with E-state index in [1.165, 1.54) is 7.11 Å². The first kappa shape index (κ1) is 21.5. The van der Waals surface area contributed by atoms with Crippen LogP contribution in [0.25, 0.3) is 11.3 Å². The molecule has 1 unspecified atom stereocenters. The number of methoxy groups -OCH3 is 1. The lowest BCUT2D eigenvalue weighted by Gasteiger charge is -2.32. The fourth-order valence-electron chi connectivity index (χ4n) is 3.95. The lowest BCUT2D eigenvalue weighted by Crippen LogP contribution is -2.41. The number of piperidine rings is 1. The summed E-state index contributed by atoms with van der Waals surface area (Å²) in [4.78, 5) is 26.5. The molecular weight excluding hydrogens is 404 g/mol. The highest BCUT2D eigenvalue weighted by atomic mass is 16.5. The van der Waals surface area contributed by atoms with E-state index in [0.717, 1.165) is 42.0 Å². The van der Waals surface area contributed by atoms with E-state index in [1.807, 2.05) is 30.3 Å². The van der Waals surface area contributed by atoms with Gasteiger partial charge in [0, 0.05) is 24.3 Å². The van der Waals surface area contributed by atoms with Gasteiger partial charge in [-0.25, -0.2) is 4.79 Å². The van der Waals surface area contributed by atoms with Crippen LogP contribution in [0.5, 0.6) is 0 Å². The Balaban J connectivity index is 1.40. The van der Waals surface area contributed by atoms with Crippen molar-refractivity contribution >= 4 is 23.4 Å². The van der Waals surface area contributed by atoms with Crippen molar-refractivity contribution in [1.29, 1.82) is 0 Å². The molecule has 1 aromatic heterocycles. The van der Waals surface area contributed by atoms with Gasteiger partial charge in [-0.05, 0) is 61.7 Å². The van der Waals surface area contributed by atoms with Crippen molar-refractivity contribution in [2.45, 2.75) is 19.8 Å². The normalized spacial score (nSPS) is 15.8. The zero-order valence-corrected chi connectivity index (χ0v) is 18.2. The highest BCUT2D eigenvalue weighted by molar-refractivity contribution is 5.94. The minimum absolute atomic E-state index is 0.0370. The summed E-state index contributed by atoms with van der Waals surface area (Å²) in [6.07, 6.45) is 1.72. The van der Waals surface area contributed by atoms with Crippen LogP contribution in [0.4, 0.5) is 11.5 Å². The van der Waals surface area contributed by atoms with Gasteiger partial charge < -0.3 is 15.0 Å². The summed E-state index contributed by atoms with van der Waals surface area (Å²) < 4.78 is 4.70. The minimum Gasteiger partial charge on any atom is -0.465 e. The Labute approximate surface area is 187 Å². The number of carbonyl (C=O) groups is 2. The summed E-state index contributed by atoms with van der Waals surface area (Å²) in [5.41, 5.74) is 4.17. The van der Waals surface area contributed by atoms with E-state index in [1.54, 1.807) is 24.3 Å². The number of hydrogen-bond donors (Lipinski definition) is 1. The van der Waals surface area contributed by atoms with Crippen LogP contribution in [0, 0.1) is 12.8 Å². The smallest absolute Gasteiger partial charge is 0.337 e. The molecule has 1 N–H and O–H groups in total. The van der Waals surface area contributed by atoms with Crippen molar-refractivity contribution < 1.29 is 14.3 Å². The van der Waals surface area contributed by atoms with Crippen LogP contribution < -0.4 is 10.2 Å². The number of aryl methyl sites for hydroxylation is 1. The Morgan fingerprint density at radius 1 is 1.03 bits per heavy atom. The molecule has 32 heavy (non-hydrogen) atoms. The monoisotopic (exact) mass is 430 g/mol. The molecule has 2 aromatic carbocycles. The average Bonchev–Trinajstić information content (AvgIpc) is 2.84. The first-order valence-electron chi connectivity index (χ1n) is 10.7. The molecule has 0 aliphatic carbocycles. The number of rotatable bonds is 5. The lowest BCUT2D eigenvalue weighted by atomic mass is 9.97. The maximum atomic E-state index is 12.8. The molecule has 3 aromatic rings. The van der Waals surface area contributed by atoms with Crippen molar-refractivity contribution in [3.8, 4) is 11.3 Å². The first-order chi connectivity index (χ1) is 15.5. The maximum absolute atomic E-state index is 12.8. The Morgan fingerprint density at radius 3 is 2.50 bits per heavy atom. The van der Waals surface area contributed by atoms with Crippen molar-refractivity contribution in [2.75, 3.05) is 30.4 Å². The van der Waals surface area contributed by atoms with E-state index in [2.05, 4.69) is 33.4 Å². The molecule has 1 atom stereocenters. The van der Waals surface area contributed by atoms with Gasteiger partial charge in [0.25, 0.3) is 0 Å². The Hall–Kier alpha value is -3.74. The number of esters is 1. The molecule has 1 saturated heterocycles. The van der Waals surface area contributed by atoms with Gasteiger partial charge in [0.1, 0.15) is 0 Å². The fraction of sp³-hybridized carbons (Fsp3) is 0.280. The highest BCUT2D eigenvalue weighted by Crippen LogP contribution is 2.25. The molecule has 1 aliphatic heterocycles. The van der Waals surface area contributed by atoms with Crippen molar-refractivity contribution in [3.05, 3.63) is 71.8 Å². The van der Waals surface area contributed by atoms with Crippen LogP contribution >= 0.6 is 0 Å². The molecule has 0 saturated carbocycles. The molecule has 1 amide bonds. The topological polar surface area (TPSA) is 84.4 Å². The van der Waals surface area contributed by atoms with Gasteiger partial charge in [-0.15, -0.1) is 10.2 Å². The van der Waals surface area contributed by atoms with Gasteiger partial charge in [-0.1, -0.05) is 24.3 Å². The number of nitrogens with one attached hydrogen (secondary N) is 1. The number of benzene rings is 2. The fourth-order valence-corrected chi connectivity index (χ4v) is 3.95. The lowest BCUT2D eigenvalue weighted by molar-refractivity contribution is -0.120. The van der Waals surface area contributed by atoms with E-state index >= 15 is 0 Å². The molecule has 7 heteroatoms. The third-order valence-electron chi connectivity index (χ3n) is 5.76. The molecule has 2 heterocycles. The predicted octanol–water partition coefficient (Wildman–Crippen LogP) is 4.09. The largest absolute Gasteiger partial charge is 0.465 e. The van der Waals surface area contributed by atoms with E-state index in [0.29, 0.717) is 17.8 Å². The number of ether oxygens (including phenoxy) is 1. The molecule has 0 bridgehead atoms. The molecule has 1 aliphatic rings. The Bertz CT molecular complexity index is 1100. The van der Waals surface area contributed by atoms with Crippen molar-refractivity contribution in [2.24, 2.45) is 5.92 Å². The summed E-state index contributed by atoms with van der Waals surface area (Å²) in [5.74, 6) is 0.189. The molecule has 7 nitrogen and oxygen atoms in total. The quantitative estimate of drug-likeness (QED) is 0.614. The summed E-state index contributed by atoms with van der Waals surface area (Å²) in [7, 11) is 1.34. The number of amides is 1. The van der Waals surface area contributed by atoms with Crippen LogP contribution in [-0.4, -0.2) is 42.3 Å². The van der Waals surface area contributed by atoms with Crippen LogP contribution in [0.2, 0.25) is 0 Å². The average molecular weight is 431 g/mol. The molecule has 0 radical (unpaired) electrons. The molecule has 1 fully saturated rings. The van der Waals surface area contributed by atoms with Gasteiger partial charge in [0.15, 0.2) is 5.82 Å². The maximum Gasteiger partial charge on any atom is 0.337 e. The molecule has 4 rings (SSSR count). The van der Waals surface area contributed by atoms with Gasteiger partial charge in [-0.3, -0.25) is 4.79 Å². The summed E-state index contributed by atoms with van der Waals surface area (Å²) >= 11 is 0. The van der Waals surface area contributed by atoms with Gasteiger partial charge in [-0.2, -0.15) is 0 Å². The first-order valence-corrected chi connectivity index (χ1v) is 10.7. The second kappa shape index (κ2) is 9.60. The Morgan fingerprint density at radius 2 is 1.81 bits per heavy atom. The summed E-state index contributed by atoms with van der Waals surface area (Å²) in [5, 5.41) is 11.8. The van der Waals surface area contributed by atoms with Gasteiger partial charge >= 0.3 is 5.97 Å². The van der Waals surface area contributed by atoms with E-state index in [9.17, 15) is 9.59 Å². The summed E-state index contributed by atoms with van der Waals surface area (Å²) in [6.45, 7) is 3.49. The second-order valence-electron chi connectivity index (χ2n) is 7.94. The SMILES string of the molecule is COC(=O)c1ccc(NC(=O)C2CCCN(c3ccc(-c4ccccc4C)nn3)C2)cc1. The Kier molecular flexibility index (Phi) is 6.44. The highest BCUT2D eigenvalue weighted by Gasteiger charge is 2.27. The number of hydrogen-bond acceptors (Lipinski definition) is 6. The third-order valence-corrected chi connectivity index (χ3v) is 5.76. The third kappa shape index (κ3) is 4.77. The molecular formula is C25H26N4O3. The van der Waals surface area contributed by atoms with Crippen molar-refractivity contribution in [3.63, 3.8) is 0 Å². The second-order valence-corrected chi connectivity index (χ2v) is 7.94. The van der Waals surface area contributed by atoms with E-state index < -0.39 is 5.97 Å². The van der Waals surface area contributed by atoms with Crippen LogP contribution in [0.3, 0.4) is 0 Å². The van der Waals surface area contributed by atoms with E-state index in [4.69, 9.17) is 4.74 Å². The van der Waals surface area contributed by atoms with Crippen molar-refractivity contribution in [1.82, 2.24) is 10.2 Å². The number of nitrogens with zero attached hydrogens (tertiary/aromatic N) is 3. The summed E-state index contributed by atoms with van der Waals surface area (Å²) in [6, 6.07) is 18.8. The molecule has 164 valence electrons. The van der Waals surface area contributed by atoms with Gasteiger partial charge in [0.05, 0.1) is 24.3 Å². The molecule has 0 spiro atoms. The van der Waals surface area contributed by atoms with Crippen LogP contribution in [0.1, 0.15) is 28.8 Å². The standard InChI is InChI=1S/C25H26N4O3/c1-17-6-3-4-8-21(17)22-13-14-23(28-27-22)29-15-5-7-19(16-29)24(30)26-20-11-9-18(10-12-20)25(31)32-2/h3-4,6,8-14,19H,5,7,15-16H2,1-2H3,(H,26,30). The van der Waals surface area contributed by atoms with Crippen LogP contribution in [0.15, 0.2) is 60.7 Å². The number of aromatic nitrogens is 2. The van der Waals surface area contributed by atoms with Gasteiger partial charge in [0.2, 0.25) is 5.91 Å². The van der Waals surface area contributed by atoms with Crippen LogP contribution in [-0.2, 0) is 9.53 Å². The minimum atomic E-state index is -0.402. The predicted molar refractivity (Wildman–Crippen MR) is 124 cm³/mol.